The summed E-state index contributed by atoms with van der Waals surface area (Å²) in [6.45, 7) is 3.33. The molecule has 0 fully saturated rings. The number of carbonyl (C=O) groups is 1. The van der Waals surface area contributed by atoms with E-state index in [1.54, 1.807) is 6.92 Å². The second kappa shape index (κ2) is 7.21. The number of halogens is 1. The molecule has 0 radical (unpaired) electrons. The zero-order chi connectivity index (χ0) is 13.0. The number of hydrogen-bond acceptors (Lipinski definition) is 4. The van der Waals surface area contributed by atoms with E-state index >= 15 is 0 Å². The molecule has 19 heavy (non-hydrogen) atoms. The summed E-state index contributed by atoms with van der Waals surface area (Å²) in [7, 11) is 0. The summed E-state index contributed by atoms with van der Waals surface area (Å²) < 4.78 is 11.2. The van der Waals surface area contributed by atoms with E-state index in [0.717, 1.165) is 23.5 Å². The van der Waals surface area contributed by atoms with Crippen LogP contribution in [0.15, 0.2) is 18.2 Å². The van der Waals surface area contributed by atoms with Crippen LogP contribution < -0.4 is 20.5 Å². The predicted molar refractivity (Wildman–Crippen MR) is 74.8 cm³/mol. The first-order chi connectivity index (χ1) is 8.68. The predicted octanol–water partition coefficient (Wildman–Crippen LogP) is 1.23. The number of ether oxygens (including phenoxy) is 2. The Morgan fingerprint density at radius 2 is 2.16 bits per heavy atom. The van der Waals surface area contributed by atoms with E-state index in [0.29, 0.717) is 19.8 Å². The van der Waals surface area contributed by atoms with E-state index in [1.807, 2.05) is 18.2 Å². The first-order valence-electron chi connectivity index (χ1n) is 6.09. The summed E-state index contributed by atoms with van der Waals surface area (Å²) in [5.74, 6) is 1.28. The van der Waals surface area contributed by atoms with E-state index in [4.69, 9.17) is 15.2 Å². The summed E-state index contributed by atoms with van der Waals surface area (Å²) in [5.41, 5.74) is 6.40. The molecule has 0 saturated carbocycles. The monoisotopic (exact) mass is 286 g/mol. The maximum absolute atomic E-state index is 11.4. The maximum atomic E-state index is 11.4. The highest BCUT2D eigenvalue weighted by molar-refractivity contribution is 5.85. The van der Waals surface area contributed by atoms with Crippen molar-refractivity contribution in [3.05, 3.63) is 23.8 Å². The fraction of sp³-hybridized carbons (Fsp3) is 0.462. The van der Waals surface area contributed by atoms with Gasteiger partial charge in [0.15, 0.2) is 11.5 Å². The molecule has 1 aromatic carbocycles. The molecular formula is C13H19ClN2O3. The largest absolute Gasteiger partial charge is 0.490 e. The lowest BCUT2D eigenvalue weighted by atomic mass is 10.1. The van der Waals surface area contributed by atoms with E-state index in [2.05, 4.69) is 5.32 Å². The summed E-state index contributed by atoms with van der Waals surface area (Å²) in [5, 5.41) is 2.77. The lowest BCUT2D eigenvalue weighted by Gasteiger charge is -2.13. The molecule has 1 aromatic rings. The SMILES string of the molecule is C[C@@H](N)C(=O)NCc1cccc2c1OCCCO2.Cl. The van der Waals surface area contributed by atoms with Crippen molar-refractivity contribution in [2.75, 3.05) is 13.2 Å². The number of rotatable bonds is 3. The average Bonchev–Trinajstić information content (AvgIpc) is 2.61. The van der Waals surface area contributed by atoms with Crippen LogP contribution >= 0.6 is 12.4 Å². The Morgan fingerprint density at radius 1 is 1.42 bits per heavy atom. The molecule has 0 spiro atoms. The minimum atomic E-state index is -0.510. The molecule has 1 heterocycles. The number of hydrogen-bond donors (Lipinski definition) is 2. The van der Waals surface area contributed by atoms with Gasteiger partial charge in [-0.15, -0.1) is 12.4 Å². The molecule has 0 aliphatic carbocycles. The van der Waals surface area contributed by atoms with Crippen LogP contribution in [0.2, 0.25) is 0 Å². The molecule has 3 N–H and O–H groups in total. The normalized spacial score (nSPS) is 14.8. The number of amides is 1. The number of fused-ring (bicyclic) bond motifs is 1. The summed E-state index contributed by atoms with van der Waals surface area (Å²) in [6, 6.07) is 5.16. The van der Waals surface area contributed by atoms with Crippen LogP contribution in [0.4, 0.5) is 0 Å². The highest BCUT2D eigenvalue weighted by Crippen LogP contribution is 2.33. The first kappa shape index (κ1) is 15.6. The Bertz CT molecular complexity index is 438. The van der Waals surface area contributed by atoms with Crippen LogP contribution in [0, 0.1) is 0 Å². The van der Waals surface area contributed by atoms with Crippen LogP contribution in [-0.2, 0) is 11.3 Å². The van der Waals surface area contributed by atoms with Crippen molar-refractivity contribution in [3.8, 4) is 11.5 Å². The number of carbonyl (C=O) groups excluding carboxylic acids is 1. The van der Waals surface area contributed by atoms with Crippen LogP contribution in [0.5, 0.6) is 11.5 Å². The van der Waals surface area contributed by atoms with Gasteiger partial charge >= 0.3 is 0 Å². The summed E-state index contributed by atoms with van der Waals surface area (Å²) >= 11 is 0. The number of nitrogens with two attached hydrogens (primary N) is 1. The Kier molecular flexibility index (Phi) is 5.92. The molecule has 2 rings (SSSR count). The highest BCUT2D eigenvalue weighted by Gasteiger charge is 2.15. The standard InChI is InChI=1S/C13H18N2O3.ClH/c1-9(14)13(16)15-8-10-4-2-5-11-12(10)18-7-3-6-17-11;/h2,4-5,9H,3,6-8,14H2,1H3,(H,15,16);1H/t9-;/m1./s1. The van der Waals surface area contributed by atoms with Crippen LogP contribution in [-0.4, -0.2) is 25.2 Å². The van der Waals surface area contributed by atoms with Crippen molar-refractivity contribution in [1.82, 2.24) is 5.32 Å². The Balaban J connectivity index is 0.00000180. The topological polar surface area (TPSA) is 73.6 Å². The van der Waals surface area contributed by atoms with Gasteiger partial charge in [0, 0.05) is 18.5 Å². The van der Waals surface area contributed by atoms with Crippen molar-refractivity contribution < 1.29 is 14.3 Å². The van der Waals surface area contributed by atoms with Gasteiger partial charge < -0.3 is 20.5 Å². The molecule has 1 aliphatic heterocycles. The first-order valence-corrected chi connectivity index (χ1v) is 6.09. The van der Waals surface area contributed by atoms with Gasteiger partial charge in [0.25, 0.3) is 0 Å². The molecule has 0 bridgehead atoms. The van der Waals surface area contributed by atoms with Gasteiger partial charge in [-0.2, -0.15) is 0 Å². The van der Waals surface area contributed by atoms with Crippen molar-refractivity contribution in [2.24, 2.45) is 5.73 Å². The lowest BCUT2D eigenvalue weighted by molar-refractivity contribution is -0.122. The van der Waals surface area contributed by atoms with E-state index < -0.39 is 6.04 Å². The van der Waals surface area contributed by atoms with Gasteiger partial charge in [-0.1, -0.05) is 12.1 Å². The summed E-state index contributed by atoms with van der Waals surface area (Å²) in [4.78, 5) is 11.4. The molecule has 1 atom stereocenters. The van der Waals surface area contributed by atoms with E-state index in [-0.39, 0.29) is 18.3 Å². The lowest BCUT2D eigenvalue weighted by Crippen LogP contribution is -2.37. The molecule has 0 saturated heterocycles. The van der Waals surface area contributed by atoms with Crippen LogP contribution in [0.25, 0.3) is 0 Å². The van der Waals surface area contributed by atoms with Crippen LogP contribution in [0.3, 0.4) is 0 Å². The fourth-order valence-corrected chi connectivity index (χ4v) is 1.74. The van der Waals surface area contributed by atoms with Crippen molar-refractivity contribution in [1.29, 1.82) is 0 Å². The van der Waals surface area contributed by atoms with Gasteiger partial charge in [-0.25, -0.2) is 0 Å². The smallest absolute Gasteiger partial charge is 0.236 e. The Hall–Kier alpha value is -1.46. The molecule has 0 unspecified atom stereocenters. The van der Waals surface area contributed by atoms with Gasteiger partial charge in [0.1, 0.15) is 0 Å². The van der Waals surface area contributed by atoms with E-state index in [9.17, 15) is 4.79 Å². The van der Waals surface area contributed by atoms with E-state index in [1.165, 1.54) is 0 Å². The van der Waals surface area contributed by atoms with Gasteiger partial charge in [0.2, 0.25) is 5.91 Å². The van der Waals surface area contributed by atoms with Crippen molar-refractivity contribution >= 4 is 18.3 Å². The zero-order valence-corrected chi connectivity index (χ0v) is 11.7. The third kappa shape index (κ3) is 4.01. The maximum Gasteiger partial charge on any atom is 0.236 e. The van der Waals surface area contributed by atoms with Crippen LogP contribution in [0.1, 0.15) is 18.9 Å². The molecule has 106 valence electrons. The average molecular weight is 287 g/mol. The van der Waals surface area contributed by atoms with Gasteiger partial charge in [-0.3, -0.25) is 4.79 Å². The molecular weight excluding hydrogens is 268 g/mol. The van der Waals surface area contributed by atoms with Gasteiger partial charge in [-0.05, 0) is 13.0 Å². The quantitative estimate of drug-likeness (QED) is 0.877. The Labute approximate surface area is 118 Å². The Morgan fingerprint density at radius 3 is 2.89 bits per heavy atom. The van der Waals surface area contributed by atoms with Gasteiger partial charge in [0.05, 0.1) is 19.3 Å². The fourth-order valence-electron chi connectivity index (χ4n) is 1.74. The molecule has 5 nitrogen and oxygen atoms in total. The molecule has 0 aromatic heterocycles. The van der Waals surface area contributed by atoms with Crippen molar-refractivity contribution in [3.63, 3.8) is 0 Å². The second-order valence-electron chi connectivity index (χ2n) is 4.30. The highest BCUT2D eigenvalue weighted by atomic mass is 35.5. The summed E-state index contributed by atoms with van der Waals surface area (Å²) in [6.07, 6.45) is 0.861. The number of nitrogens with one attached hydrogen (secondary N) is 1. The third-order valence-corrected chi connectivity index (χ3v) is 2.72. The number of benzene rings is 1. The third-order valence-electron chi connectivity index (χ3n) is 2.72. The minimum Gasteiger partial charge on any atom is -0.490 e. The molecule has 6 heteroatoms. The van der Waals surface area contributed by atoms with Crippen molar-refractivity contribution in [2.45, 2.75) is 25.9 Å². The number of para-hydroxylation sites is 1. The second-order valence-corrected chi connectivity index (χ2v) is 4.30. The zero-order valence-electron chi connectivity index (χ0n) is 10.8. The molecule has 1 aliphatic rings. The minimum absolute atomic E-state index is 0. The molecule has 1 amide bonds.